The number of rotatable bonds is 13. The fourth-order valence-corrected chi connectivity index (χ4v) is 6.61. The second-order valence-electron chi connectivity index (χ2n) is 11.5. The lowest BCUT2D eigenvalue weighted by Gasteiger charge is -2.31. The van der Waals surface area contributed by atoms with Crippen molar-refractivity contribution in [3.05, 3.63) is 34.7 Å². The Kier molecular flexibility index (Phi) is 12.2. The summed E-state index contributed by atoms with van der Waals surface area (Å²) in [5.41, 5.74) is 3.01. The minimum absolute atomic E-state index is 0.0648. The van der Waals surface area contributed by atoms with E-state index in [9.17, 15) is 17.6 Å². The number of hydrogen-bond acceptors (Lipinski definition) is 9. The standard InChI is InChI=1S/C30H38ClF4N7O2.CH3F/c1-3-4-9-37-19(16-43-2)14-39-27-21-15-38-25(20-12-18(36)13-22(31)23(20)30(33,34)35)24(32)26(21)40-28(41-27)44-17-29-7-5-10-42(29)11-6-8-29;1-2/h12-13,15,19,37H,3-11,14,16-17,36H2,1-2H3,(H,39,40,41);1H3. The zero-order valence-electron chi connectivity index (χ0n) is 26.2. The van der Waals surface area contributed by atoms with E-state index in [1.165, 1.54) is 6.20 Å². The molecule has 1 atom stereocenters. The van der Waals surface area contributed by atoms with Crippen LogP contribution in [0.15, 0.2) is 18.3 Å². The van der Waals surface area contributed by atoms with Gasteiger partial charge in [-0.25, -0.2) is 4.39 Å². The number of nitrogen functional groups attached to an aromatic ring is 1. The van der Waals surface area contributed by atoms with Crippen molar-refractivity contribution in [2.24, 2.45) is 0 Å². The van der Waals surface area contributed by atoms with Crippen molar-refractivity contribution in [2.45, 2.75) is 63.2 Å². The number of benzene rings is 1. The monoisotopic (exact) mass is 673 g/mol. The Morgan fingerprint density at radius 1 is 1.15 bits per heavy atom. The van der Waals surface area contributed by atoms with Crippen molar-refractivity contribution in [2.75, 3.05) is 64.7 Å². The Bertz CT molecular complexity index is 1470. The van der Waals surface area contributed by atoms with Gasteiger partial charge >= 0.3 is 12.2 Å². The molecule has 2 fully saturated rings. The summed E-state index contributed by atoms with van der Waals surface area (Å²) < 4.78 is 79.5. The molecule has 2 saturated heterocycles. The van der Waals surface area contributed by atoms with Gasteiger partial charge in [0.05, 0.1) is 35.3 Å². The number of methoxy groups -OCH3 is 1. The highest BCUT2D eigenvalue weighted by atomic mass is 35.5. The van der Waals surface area contributed by atoms with Crippen LogP contribution in [0.5, 0.6) is 6.01 Å². The first-order valence-corrected chi connectivity index (χ1v) is 15.7. The highest BCUT2D eigenvalue weighted by Gasteiger charge is 2.45. The van der Waals surface area contributed by atoms with Gasteiger partial charge in [-0.1, -0.05) is 24.9 Å². The number of ether oxygens (including phenoxy) is 2. The van der Waals surface area contributed by atoms with Gasteiger partial charge in [-0.2, -0.15) is 23.1 Å². The van der Waals surface area contributed by atoms with Crippen molar-refractivity contribution < 1.29 is 31.4 Å². The molecule has 9 nitrogen and oxygen atoms in total. The van der Waals surface area contributed by atoms with Gasteiger partial charge in [0, 0.05) is 37.1 Å². The number of anilines is 2. The first kappa shape index (κ1) is 35.8. The highest BCUT2D eigenvalue weighted by Crippen LogP contribution is 2.44. The molecule has 4 heterocycles. The maximum Gasteiger partial charge on any atom is 0.418 e. The van der Waals surface area contributed by atoms with Crippen LogP contribution in [0.1, 0.15) is 51.0 Å². The Morgan fingerprint density at radius 3 is 2.52 bits per heavy atom. The molecule has 0 spiro atoms. The zero-order chi connectivity index (χ0) is 33.5. The van der Waals surface area contributed by atoms with E-state index in [1.54, 1.807) is 7.11 Å². The van der Waals surface area contributed by atoms with Crippen molar-refractivity contribution >= 4 is 34.0 Å². The number of fused-ring (bicyclic) bond motifs is 2. The number of halogens is 6. The average Bonchev–Trinajstić information content (AvgIpc) is 3.60. The van der Waals surface area contributed by atoms with Gasteiger partial charge in [0.2, 0.25) is 0 Å². The minimum atomic E-state index is -4.88. The molecule has 46 heavy (non-hydrogen) atoms. The molecule has 2 aromatic heterocycles. The molecule has 2 aliphatic rings. The number of nitrogens with two attached hydrogens (primary N) is 1. The molecule has 4 N–H and O–H groups in total. The van der Waals surface area contributed by atoms with Crippen LogP contribution < -0.4 is 21.1 Å². The first-order valence-electron chi connectivity index (χ1n) is 15.3. The van der Waals surface area contributed by atoms with Crippen LogP contribution in [-0.2, 0) is 10.9 Å². The van der Waals surface area contributed by atoms with E-state index in [2.05, 4.69) is 37.4 Å². The Balaban J connectivity index is 0.00000235. The van der Waals surface area contributed by atoms with Crippen LogP contribution in [-0.4, -0.2) is 85.1 Å². The topological polar surface area (TPSA) is 110 Å². The lowest BCUT2D eigenvalue weighted by atomic mass is 9.95. The number of pyridine rings is 1. The Morgan fingerprint density at radius 2 is 1.87 bits per heavy atom. The molecule has 1 unspecified atom stereocenters. The van der Waals surface area contributed by atoms with E-state index in [0.717, 1.165) is 70.3 Å². The van der Waals surface area contributed by atoms with Gasteiger partial charge in [-0.05, 0) is 63.9 Å². The van der Waals surface area contributed by atoms with Gasteiger partial charge in [0.1, 0.15) is 23.6 Å². The van der Waals surface area contributed by atoms with E-state index in [0.29, 0.717) is 26.9 Å². The van der Waals surface area contributed by atoms with Crippen molar-refractivity contribution in [1.29, 1.82) is 0 Å². The van der Waals surface area contributed by atoms with Crippen molar-refractivity contribution in [3.63, 3.8) is 0 Å². The second kappa shape index (κ2) is 15.7. The van der Waals surface area contributed by atoms with Crippen LogP contribution in [0.3, 0.4) is 0 Å². The lowest BCUT2D eigenvalue weighted by molar-refractivity contribution is -0.137. The van der Waals surface area contributed by atoms with Gasteiger partial charge in [-0.3, -0.25) is 14.3 Å². The SMILES string of the molecule is CCCCNC(CNc1nc(OCC23CCCN2CCC3)nc2c(F)c(-c3cc(N)cc(Cl)c3C(F)(F)F)ncc12)COC.CF. The summed E-state index contributed by atoms with van der Waals surface area (Å²) in [7, 11) is 2.11. The molecule has 5 rings (SSSR count). The van der Waals surface area contributed by atoms with E-state index in [-0.39, 0.29) is 40.0 Å². The average molecular weight is 674 g/mol. The Hall–Kier alpha value is -3.07. The number of unbranched alkanes of at least 4 members (excludes halogenated alkanes) is 1. The van der Waals surface area contributed by atoms with Crippen LogP contribution in [0.4, 0.5) is 33.5 Å². The molecule has 2 aliphatic heterocycles. The fourth-order valence-electron chi connectivity index (χ4n) is 6.28. The van der Waals surface area contributed by atoms with Crippen molar-refractivity contribution in [1.82, 2.24) is 25.2 Å². The van der Waals surface area contributed by atoms with E-state index in [1.807, 2.05) is 0 Å². The van der Waals surface area contributed by atoms with Gasteiger partial charge < -0.3 is 25.8 Å². The third-order valence-corrected chi connectivity index (χ3v) is 8.74. The summed E-state index contributed by atoms with van der Waals surface area (Å²) in [6.07, 6.45) is 2.46. The number of aromatic nitrogens is 3. The van der Waals surface area contributed by atoms with E-state index >= 15 is 4.39 Å². The summed E-state index contributed by atoms with van der Waals surface area (Å²) in [6, 6.07) is 1.82. The molecule has 0 radical (unpaired) electrons. The zero-order valence-corrected chi connectivity index (χ0v) is 27.0. The Labute approximate surface area is 270 Å². The smallest absolute Gasteiger partial charge is 0.418 e. The number of alkyl halides is 4. The van der Waals surface area contributed by atoms with Crippen LogP contribution >= 0.6 is 11.6 Å². The first-order chi connectivity index (χ1) is 22.1. The summed E-state index contributed by atoms with van der Waals surface area (Å²) in [4.78, 5) is 15.4. The normalized spacial score (nSPS) is 16.6. The minimum Gasteiger partial charge on any atom is -0.461 e. The van der Waals surface area contributed by atoms with Crippen molar-refractivity contribution in [3.8, 4) is 17.3 Å². The van der Waals surface area contributed by atoms with E-state index in [4.69, 9.17) is 26.8 Å². The molecular weight excluding hydrogens is 633 g/mol. The lowest BCUT2D eigenvalue weighted by Crippen LogP contribution is -2.43. The summed E-state index contributed by atoms with van der Waals surface area (Å²) in [5, 5.41) is 6.20. The molecule has 3 aromatic rings. The maximum atomic E-state index is 16.3. The number of nitrogens with zero attached hydrogens (tertiary/aromatic N) is 4. The van der Waals surface area contributed by atoms with Gasteiger partial charge in [0.25, 0.3) is 0 Å². The van der Waals surface area contributed by atoms with Crippen LogP contribution in [0.25, 0.3) is 22.2 Å². The molecule has 0 bridgehead atoms. The molecule has 254 valence electrons. The number of hydrogen-bond donors (Lipinski definition) is 3. The largest absolute Gasteiger partial charge is 0.461 e. The molecule has 1 aromatic carbocycles. The third kappa shape index (κ3) is 7.89. The predicted octanol–water partition coefficient (Wildman–Crippen LogP) is 6.49. The van der Waals surface area contributed by atoms with Crippen LogP contribution in [0, 0.1) is 5.82 Å². The summed E-state index contributed by atoms with van der Waals surface area (Å²) in [5.74, 6) is -0.823. The predicted molar refractivity (Wildman–Crippen MR) is 170 cm³/mol. The summed E-state index contributed by atoms with van der Waals surface area (Å²) in [6.45, 7) is 5.98. The van der Waals surface area contributed by atoms with Gasteiger partial charge in [-0.15, -0.1) is 0 Å². The molecular formula is C31H41ClF5N7O2. The molecule has 0 amide bonds. The van der Waals surface area contributed by atoms with Crippen LogP contribution in [0.2, 0.25) is 5.02 Å². The second-order valence-corrected chi connectivity index (χ2v) is 11.9. The third-order valence-electron chi connectivity index (χ3n) is 8.44. The number of nitrogens with one attached hydrogen (secondary N) is 2. The molecule has 0 aliphatic carbocycles. The van der Waals surface area contributed by atoms with Gasteiger partial charge in [0.15, 0.2) is 5.82 Å². The van der Waals surface area contributed by atoms with E-state index < -0.39 is 33.8 Å². The quantitative estimate of drug-likeness (QED) is 0.106. The summed E-state index contributed by atoms with van der Waals surface area (Å²) >= 11 is 5.95. The highest BCUT2D eigenvalue weighted by molar-refractivity contribution is 6.32. The fraction of sp³-hybridized carbons (Fsp3) is 0.581. The molecule has 0 saturated carbocycles. The maximum absolute atomic E-state index is 16.3. The molecule has 15 heteroatoms.